The SMILES string of the molecule is C=CCON1C2CN(C(CC(=O)OC)c3ncsc32)C1O. The molecule has 7 nitrogen and oxygen atoms in total. The lowest BCUT2D eigenvalue weighted by Crippen LogP contribution is -2.40. The molecule has 114 valence electrons. The summed E-state index contributed by atoms with van der Waals surface area (Å²) >= 11 is 1.51. The Balaban J connectivity index is 1.90. The van der Waals surface area contributed by atoms with Gasteiger partial charge in [-0.1, -0.05) is 6.08 Å². The molecule has 1 saturated heterocycles. The van der Waals surface area contributed by atoms with E-state index in [9.17, 15) is 9.90 Å². The molecule has 3 heterocycles. The number of esters is 1. The average Bonchev–Trinajstić information content (AvgIpc) is 3.07. The van der Waals surface area contributed by atoms with Crippen molar-refractivity contribution >= 4 is 17.3 Å². The van der Waals surface area contributed by atoms with Gasteiger partial charge in [0, 0.05) is 6.54 Å². The van der Waals surface area contributed by atoms with E-state index >= 15 is 0 Å². The van der Waals surface area contributed by atoms with E-state index in [0.29, 0.717) is 13.2 Å². The Morgan fingerprint density at radius 3 is 3.24 bits per heavy atom. The Labute approximate surface area is 126 Å². The first-order valence-corrected chi connectivity index (χ1v) is 7.51. The van der Waals surface area contributed by atoms with Gasteiger partial charge >= 0.3 is 5.97 Å². The second kappa shape index (κ2) is 5.82. The third-order valence-electron chi connectivity index (χ3n) is 3.79. The Hall–Kier alpha value is -1.32. The van der Waals surface area contributed by atoms with Gasteiger partial charge in [-0.3, -0.25) is 14.5 Å². The minimum absolute atomic E-state index is 0.0728. The molecule has 1 N–H and O–H groups in total. The lowest BCUT2D eigenvalue weighted by atomic mass is 10.0. The predicted molar refractivity (Wildman–Crippen MR) is 74.9 cm³/mol. The maximum atomic E-state index is 11.6. The zero-order valence-corrected chi connectivity index (χ0v) is 12.5. The van der Waals surface area contributed by atoms with Crippen molar-refractivity contribution in [1.29, 1.82) is 0 Å². The molecule has 3 rings (SSSR count). The summed E-state index contributed by atoms with van der Waals surface area (Å²) in [5, 5.41) is 12.0. The number of fused-ring (bicyclic) bond motifs is 4. The van der Waals surface area contributed by atoms with E-state index in [1.807, 2.05) is 4.90 Å². The maximum Gasteiger partial charge on any atom is 0.307 e. The van der Waals surface area contributed by atoms with E-state index in [0.717, 1.165) is 10.6 Å². The van der Waals surface area contributed by atoms with Gasteiger partial charge in [0.15, 0.2) is 6.35 Å². The van der Waals surface area contributed by atoms with Crippen molar-refractivity contribution in [2.24, 2.45) is 0 Å². The van der Waals surface area contributed by atoms with Crippen molar-refractivity contribution < 1.29 is 19.5 Å². The normalized spacial score (nSPS) is 31.0. The van der Waals surface area contributed by atoms with Gasteiger partial charge in [-0.25, -0.2) is 4.98 Å². The molecule has 4 unspecified atom stereocenters. The molecule has 1 fully saturated rings. The van der Waals surface area contributed by atoms with Crippen molar-refractivity contribution in [2.45, 2.75) is 24.9 Å². The van der Waals surface area contributed by atoms with Crippen LogP contribution in [-0.2, 0) is 14.4 Å². The Kier molecular flexibility index (Phi) is 4.05. The predicted octanol–water partition coefficient (Wildman–Crippen LogP) is 0.813. The molecule has 1 aromatic rings. The number of aliphatic hydroxyl groups excluding tert-OH is 1. The highest BCUT2D eigenvalue weighted by Gasteiger charge is 2.51. The van der Waals surface area contributed by atoms with Gasteiger partial charge in [-0.15, -0.1) is 23.0 Å². The molecule has 1 aromatic heterocycles. The standard InChI is InChI=1S/C13H17N3O4S/c1-3-4-20-16-9-6-15(13(16)18)8(5-10(17)19-2)11-12(9)21-7-14-11/h3,7-9,13,18H,1,4-6H2,2H3. The quantitative estimate of drug-likeness (QED) is 0.637. The van der Waals surface area contributed by atoms with Gasteiger partial charge in [0.2, 0.25) is 0 Å². The molecule has 0 spiro atoms. The fourth-order valence-corrected chi connectivity index (χ4v) is 3.76. The summed E-state index contributed by atoms with van der Waals surface area (Å²) in [6, 6.07) is -0.362. The Bertz CT molecular complexity index is 549. The number of aliphatic hydroxyl groups is 1. The molecule has 21 heavy (non-hydrogen) atoms. The first-order chi connectivity index (χ1) is 10.2. The molecule has 0 radical (unpaired) electrons. The van der Waals surface area contributed by atoms with Gasteiger partial charge in [0.1, 0.15) is 0 Å². The minimum Gasteiger partial charge on any atom is -0.469 e. The fourth-order valence-electron chi connectivity index (χ4n) is 2.84. The maximum absolute atomic E-state index is 11.6. The van der Waals surface area contributed by atoms with Crippen LogP contribution in [0.4, 0.5) is 0 Å². The highest BCUT2D eigenvalue weighted by Crippen LogP contribution is 2.47. The fraction of sp³-hybridized carbons (Fsp3) is 0.538. The first-order valence-electron chi connectivity index (χ1n) is 6.63. The molecular formula is C13H17N3O4S. The van der Waals surface area contributed by atoms with Crippen molar-refractivity contribution in [2.75, 3.05) is 20.3 Å². The van der Waals surface area contributed by atoms with Crippen LogP contribution in [0.2, 0.25) is 0 Å². The largest absolute Gasteiger partial charge is 0.469 e. The highest BCUT2D eigenvalue weighted by atomic mass is 32.1. The van der Waals surface area contributed by atoms with Crippen LogP contribution in [0.3, 0.4) is 0 Å². The summed E-state index contributed by atoms with van der Waals surface area (Å²) in [5.74, 6) is -0.324. The van der Waals surface area contributed by atoms with Crippen LogP contribution in [0.15, 0.2) is 18.2 Å². The van der Waals surface area contributed by atoms with Crippen LogP contribution in [0.25, 0.3) is 0 Å². The second-order valence-electron chi connectivity index (χ2n) is 4.90. The second-order valence-corrected chi connectivity index (χ2v) is 5.79. The topological polar surface area (TPSA) is 75.1 Å². The van der Waals surface area contributed by atoms with E-state index < -0.39 is 6.35 Å². The minimum atomic E-state index is -0.911. The molecule has 4 atom stereocenters. The van der Waals surface area contributed by atoms with E-state index in [4.69, 9.17) is 9.57 Å². The van der Waals surface area contributed by atoms with Gasteiger partial charge < -0.3 is 9.84 Å². The summed E-state index contributed by atoms with van der Waals surface area (Å²) in [7, 11) is 1.36. The number of ether oxygens (including phenoxy) is 1. The van der Waals surface area contributed by atoms with Crippen LogP contribution in [0.1, 0.15) is 29.1 Å². The lowest BCUT2D eigenvalue weighted by molar-refractivity contribution is -0.257. The summed E-state index contributed by atoms with van der Waals surface area (Å²) in [6.07, 6.45) is 0.877. The van der Waals surface area contributed by atoms with Gasteiger partial charge in [-0.05, 0) is 0 Å². The van der Waals surface area contributed by atoms with Crippen LogP contribution >= 0.6 is 11.3 Å². The Morgan fingerprint density at radius 2 is 2.52 bits per heavy atom. The van der Waals surface area contributed by atoms with Gasteiger partial charge in [0.25, 0.3) is 0 Å². The van der Waals surface area contributed by atoms with Crippen LogP contribution in [-0.4, -0.2) is 52.6 Å². The third-order valence-corrected chi connectivity index (χ3v) is 4.73. The number of hydrogen-bond donors (Lipinski definition) is 1. The average molecular weight is 311 g/mol. The zero-order valence-electron chi connectivity index (χ0n) is 11.6. The third kappa shape index (κ3) is 2.39. The molecule has 0 aromatic carbocycles. The summed E-state index contributed by atoms with van der Waals surface area (Å²) < 4.78 is 4.75. The van der Waals surface area contributed by atoms with Crippen LogP contribution < -0.4 is 0 Å². The lowest BCUT2D eigenvalue weighted by Gasteiger charge is -2.30. The number of methoxy groups -OCH3 is 1. The smallest absolute Gasteiger partial charge is 0.307 e. The molecule has 0 aliphatic carbocycles. The molecule has 0 saturated carbocycles. The zero-order chi connectivity index (χ0) is 15.0. The number of carbonyl (C=O) groups excluding carboxylic acids is 1. The Morgan fingerprint density at radius 1 is 1.71 bits per heavy atom. The molecule has 2 aliphatic rings. The van der Waals surface area contributed by atoms with Crippen LogP contribution in [0.5, 0.6) is 0 Å². The summed E-state index contributed by atoms with van der Waals surface area (Å²) in [5.41, 5.74) is 2.58. The highest BCUT2D eigenvalue weighted by molar-refractivity contribution is 7.09. The number of hydrogen-bond acceptors (Lipinski definition) is 8. The van der Waals surface area contributed by atoms with Crippen LogP contribution in [0, 0.1) is 0 Å². The van der Waals surface area contributed by atoms with E-state index in [1.165, 1.54) is 18.4 Å². The van der Waals surface area contributed by atoms with E-state index in [-0.39, 0.29) is 24.5 Å². The van der Waals surface area contributed by atoms with E-state index in [2.05, 4.69) is 11.6 Å². The summed E-state index contributed by atoms with van der Waals surface area (Å²) in [4.78, 5) is 24.4. The molecule has 2 bridgehead atoms. The molecule has 0 amide bonds. The number of nitrogens with zero attached hydrogens (tertiary/aromatic N) is 3. The van der Waals surface area contributed by atoms with Crippen molar-refractivity contribution in [3.8, 4) is 0 Å². The number of hydroxylamine groups is 2. The first kappa shape index (κ1) is 14.6. The van der Waals surface area contributed by atoms with Gasteiger partial charge in [-0.2, -0.15) is 0 Å². The molecular weight excluding hydrogens is 294 g/mol. The van der Waals surface area contributed by atoms with E-state index in [1.54, 1.807) is 16.6 Å². The molecule has 8 heteroatoms. The number of carbonyl (C=O) groups is 1. The number of aromatic nitrogens is 1. The monoisotopic (exact) mass is 311 g/mol. The van der Waals surface area contributed by atoms with Crippen molar-refractivity contribution in [1.82, 2.24) is 14.9 Å². The number of rotatable bonds is 5. The molecule has 2 aliphatic heterocycles. The van der Waals surface area contributed by atoms with Crippen molar-refractivity contribution in [3.63, 3.8) is 0 Å². The number of thiazole rings is 1. The summed E-state index contributed by atoms with van der Waals surface area (Å²) in [6.45, 7) is 4.52. The van der Waals surface area contributed by atoms with Gasteiger partial charge in [0.05, 0.1) is 48.3 Å². The van der Waals surface area contributed by atoms with Crippen molar-refractivity contribution in [3.05, 3.63) is 28.7 Å².